The molecule has 0 radical (unpaired) electrons. The third kappa shape index (κ3) is 5.11. The molecular formula is C14H23N3O2S. The Morgan fingerprint density at radius 1 is 1.20 bits per heavy atom. The van der Waals surface area contributed by atoms with Crippen molar-refractivity contribution >= 4 is 15.7 Å². The summed E-state index contributed by atoms with van der Waals surface area (Å²) in [5.74, 6) is 0.0584. The number of hydrogen-bond acceptors (Lipinski definition) is 4. The number of nitrogens with zero attached hydrogens (tertiary/aromatic N) is 1. The molecule has 3 N–H and O–H groups in total. The third-order valence-electron chi connectivity index (χ3n) is 3.65. The molecule has 6 heteroatoms. The highest BCUT2D eigenvalue weighted by atomic mass is 32.2. The van der Waals surface area contributed by atoms with Crippen LogP contribution in [0.1, 0.15) is 19.3 Å². The Labute approximate surface area is 121 Å². The largest absolute Gasteiger partial charge is 0.371 e. The molecule has 1 aliphatic heterocycles. The second-order valence-electron chi connectivity index (χ2n) is 5.27. The van der Waals surface area contributed by atoms with Gasteiger partial charge in [-0.1, -0.05) is 18.2 Å². The van der Waals surface area contributed by atoms with Crippen LogP contribution in [0.2, 0.25) is 0 Å². The molecule has 0 saturated carbocycles. The van der Waals surface area contributed by atoms with E-state index in [0.717, 1.165) is 25.9 Å². The average molecular weight is 297 g/mol. The summed E-state index contributed by atoms with van der Waals surface area (Å²) < 4.78 is 21.7. The highest BCUT2D eigenvalue weighted by Crippen LogP contribution is 2.19. The molecule has 1 aromatic carbocycles. The minimum atomic E-state index is -3.32. The van der Waals surface area contributed by atoms with Crippen LogP contribution >= 0.6 is 0 Å². The van der Waals surface area contributed by atoms with Crippen molar-refractivity contribution in [2.45, 2.75) is 25.3 Å². The fourth-order valence-electron chi connectivity index (χ4n) is 2.56. The molecule has 1 heterocycles. The van der Waals surface area contributed by atoms with Crippen LogP contribution in [0.5, 0.6) is 0 Å². The average Bonchev–Trinajstić information content (AvgIpc) is 2.44. The Balaban J connectivity index is 1.67. The van der Waals surface area contributed by atoms with Crippen LogP contribution in [-0.4, -0.2) is 39.8 Å². The maximum Gasteiger partial charge on any atom is 0.209 e. The maximum atomic E-state index is 10.8. The van der Waals surface area contributed by atoms with Crippen molar-refractivity contribution in [3.05, 3.63) is 30.3 Å². The summed E-state index contributed by atoms with van der Waals surface area (Å²) in [7, 11) is -3.32. The molecule has 1 aromatic rings. The fraction of sp³-hybridized carbons (Fsp3) is 0.571. The lowest BCUT2D eigenvalue weighted by Gasteiger charge is -2.34. The first kappa shape index (κ1) is 15.3. The highest BCUT2D eigenvalue weighted by Gasteiger charge is 2.18. The van der Waals surface area contributed by atoms with Gasteiger partial charge in [0.1, 0.15) is 0 Å². The van der Waals surface area contributed by atoms with Crippen LogP contribution in [0.4, 0.5) is 5.69 Å². The Bertz CT molecular complexity index is 496. The molecule has 112 valence electrons. The first-order chi connectivity index (χ1) is 9.54. The van der Waals surface area contributed by atoms with Crippen LogP contribution < -0.4 is 15.4 Å². The number of anilines is 1. The molecule has 0 aliphatic carbocycles. The smallest absolute Gasteiger partial charge is 0.209 e. The number of nitrogens with one attached hydrogen (secondary N) is 1. The molecule has 0 spiro atoms. The van der Waals surface area contributed by atoms with Crippen LogP contribution in [0.25, 0.3) is 0 Å². The topological polar surface area (TPSA) is 75.4 Å². The van der Waals surface area contributed by atoms with E-state index >= 15 is 0 Å². The molecule has 5 nitrogen and oxygen atoms in total. The van der Waals surface area contributed by atoms with Gasteiger partial charge in [0.2, 0.25) is 10.0 Å². The monoisotopic (exact) mass is 297 g/mol. The number of benzene rings is 1. The van der Waals surface area contributed by atoms with E-state index in [1.807, 2.05) is 6.07 Å². The van der Waals surface area contributed by atoms with Crippen molar-refractivity contribution in [3.63, 3.8) is 0 Å². The third-order valence-corrected chi connectivity index (χ3v) is 4.51. The van der Waals surface area contributed by atoms with Crippen molar-refractivity contribution in [3.8, 4) is 0 Å². The zero-order valence-electron chi connectivity index (χ0n) is 11.7. The predicted octanol–water partition coefficient (Wildman–Crippen LogP) is 0.924. The number of piperidine rings is 1. The van der Waals surface area contributed by atoms with Gasteiger partial charge < -0.3 is 10.2 Å². The van der Waals surface area contributed by atoms with Gasteiger partial charge in [0.05, 0.1) is 5.75 Å². The standard InChI is InChI=1S/C14H23N3O2S/c15-20(18,19)12-4-9-16-13-7-10-17(11-8-13)14-5-2-1-3-6-14/h1-3,5-6,13,16H,4,7-12H2,(H2,15,18,19). The van der Waals surface area contributed by atoms with Gasteiger partial charge in [-0.2, -0.15) is 0 Å². The summed E-state index contributed by atoms with van der Waals surface area (Å²) in [5, 5.41) is 8.39. The van der Waals surface area contributed by atoms with E-state index < -0.39 is 10.0 Å². The molecular weight excluding hydrogens is 274 g/mol. The number of para-hydroxylation sites is 1. The van der Waals surface area contributed by atoms with E-state index in [2.05, 4.69) is 34.5 Å². The molecule has 0 bridgehead atoms. The molecule has 1 fully saturated rings. The predicted molar refractivity (Wildman–Crippen MR) is 82.3 cm³/mol. The minimum absolute atomic E-state index is 0.0584. The van der Waals surface area contributed by atoms with Gasteiger partial charge in [-0.05, 0) is 37.9 Å². The molecule has 20 heavy (non-hydrogen) atoms. The summed E-state index contributed by atoms with van der Waals surface area (Å²) in [5.41, 5.74) is 1.28. The number of nitrogens with two attached hydrogens (primary N) is 1. The second-order valence-corrected chi connectivity index (χ2v) is 7.01. The maximum absolute atomic E-state index is 10.8. The van der Waals surface area contributed by atoms with E-state index in [9.17, 15) is 8.42 Å². The fourth-order valence-corrected chi connectivity index (χ4v) is 3.11. The second kappa shape index (κ2) is 7.06. The lowest BCUT2D eigenvalue weighted by molar-refractivity contribution is 0.416. The van der Waals surface area contributed by atoms with Gasteiger partial charge >= 0.3 is 0 Å². The summed E-state index contributed by atoms with van der Waals surface area (Å²) in [6.45, 7) is 2.79. The van der Waals surface area contributed by atoms with E-state index in [1.165, 1.54) is 5.69 Å². The Kier molecular flexibility index (Phi) is 5.39. The number of primary sulfonamides is 1. The van der Waals surface area contributed by atoms with Gasteiger partial charge in [-0.15, -0.1) is 0 Å². The summed E-state index contributed by atoms with van der Waals surface area (Å²) in [4.78, 5) is 2.39. The van der Waals surface area contributed by atoms with Crippen LogP contribution in [-0.2, 0) is 10.0 Å². The summed E-state index contributed by atoms with van der Waals surface area (Å²) >= 11 is 0. The van der Waals surface area contributed by atoms with Crippen molar-refractivity contribution in [2.75, 3.05) is 30.3 Å². The van der Waals surface area contributed by atoms with Crippen molar-refractivity contribution in [2.24, 2.45) is 5.14 Å². The molecule has 0 aromatic heterocycles. The van der Waals surface area contributed by atoms with Crippen LogP contribution in [0.15, 0.2) is 30.3 Å². The molecule has 0 atom stereocenters. The van der Waals surface area contributed by atoms with Gasteiger partial charge in [-0.3, -0.25) is 0 Å². The first-order valence-corrected chi connectivity index (χ1v) is 8.80. The van der Waals surface area contributed by atoms with Gasteiger partial charge in [0.15, 0.2) is 0 Å². The Morgan fingerprint density at radius 2 is 1.85 bits per heavy atom. The zero-order chi connectivity index (χ0) is 14.4. The van der Waals surface area contributed by atoms with E-state index in [1.54, 1.807) is 0 Å². The molecule has 0 amide bonds. The molecule has 1 aliphatic rings. The van der Waals surface area contributed by atoms with E-state index in [-0.39, 0.29) is 5.75 Å². The lowest BCUT2D eigenvalue weighted by Crippen LogP contribution is -2.43. The number of hydrogen-bond donors (Lipinski definition) is 2. The van der Waals surface area contributed by atoms with Crippen molar-refractivity contribution in [1.82, 2.24) is 5.32 Å². The normalized spacial score (nSPS) is 17.4. The Morgan fingerprint density at radius 3 is 2.45 bits per heavy atom. The van der Waals surface area contributed by atoms with Crippen LogP contribution in [0.3, 0.4) is 0 Å². The summed E-state index contributed by atoms with van der Waals surface area (Å²) in [6, 6.07) is 10.9. The van der Waals surface area contributed by atoms with Crippen molar-refractivity contribution < 1.29 is 8.42 Å². The van der Waals surface area contributed by atoms with Crippen molar-refractivity contribution in [1.29, 1.82) is 0 Å². The van der Waals surface area contributed by atoms with Gasteiger partial charge in [0, 0.05) is 24.8 Å². The Hall–Kier alpha value is -1.11. The quantitative estimate of drug-likeness (QED) is 0.766. The first-order valence-electron chi connectivity index (χ1n) is 7.08. The lowest BCUT2D eigenvalue weighted by atomic mass is 10.0. The van der Waals surface area contributed by atoms with E-state index in [0.29, 0.717) is 19.0 Å². The molecule has 0 unspecified atom stereocenters. The SMILES string of the molecule is NS(=O)(=O)CCCNC1CCN(c2ccccc2)CC1. The number of sulfonamides is 1. The summed E-state index contributed by atoms with van der Waals surface area (Å²) in [6.07, 6.45) is 2.76. The number of rotatable bonds is 6. The van der Waals surface area contributed by atoms with E-state index in [4.69, 9.17) is 5.14 Å². The van der Waals surface area contributed by atoms with Crippen LogP contribution in [0, 0.1) is 0 Å². The van der Waals surface area contributed by atoms with Gasteiger partial charge in [-0.25, -0.2) is 13.6 Å². The zero-order valence-corrected chi connectivity index (χ0v) is 12.5. The molecule has 1 saturated heterocycles. The highest BCUT2D eigenvalue weighted by molar-refractivity contribution is 7.89. The van der Waals surface area contributed by atoms with Gasteiger partial charge in [0.25, 0.3) is 0 Å². The minimum Gasteiger partial charge on any atom is -0.371 e. The molecule has 2 rings (SSSR count).